The van der Waals surface area contributed by atoms with Crippen LogP contribution in [-0.2, 0) is 11.2 Å². The van der Waals surface area contributed by atoms with Crippen molar-refractivity contribution in [2.45, 2.75) is 6.42 Å². The lowest BCUT2D eigenvalue weighted by atomic mass is 10.2. The van der Waals surface area contributed by atoms with Gasteiger partial charge < -0.3 is 14.2 Å². The lowest BCUT2D eigenvalue weighted by molar-refractivity contribution is -0.120. The number of carbonyl (C=O) groups is 1. The van der Waals surface area contributed by atoms with Gasteiger partial charge in [-0.25, -0.2) is 5.43 Å². The molecule has 1 heterocycles. The first-order chi connectivity index (χ1) is 14.6. The third kappa shape index (κ3) is 6.79. The Morgan fingerprint density at radius 2 is 1.90 bits per heavy atom. The van der Waals surface area contributed by atoms with Crippen molar-refractivity contribution in [3.8, 4) is 17.2 Å². The van der Waals surface area contributed by atoms with E-state index in [0.29, 0.717) is 36.2 Å². The number of hydrogen-bond donors (Lipinski definition) is 1. The Kier molecular flexibility index (Phi) is 8.11. The molecule has 156 valence electrons. The smallest absolute Gasteiger partial charge is 0.245 e. The van der Waals surface area contributed by atoms with Gasteiger partial charge in [-0.2, -0.15) is 5.10 Å². The summed E-state index contributed by atoms with van der Waals surface area (Å²) in [5, 5.41) is 6.59. The van der Waals surface area contributed by atoms with E-state index in [1.165, 1.54) is 11.3 Å². The molecule has 0 aliphatic carbocycles. The number of thiophene rings is 1. The Hall–Kier alpha value is -3.03. The van der Waals surface area contributed by atoms with Gasteiger partial charge in [0.25, 0.3) is 0 Å². The fourth-order valence-electron chi connectivity index (χ4n) is 2.52. The average molecular weight is 445 g/mol. The Labute approximate surface area is 184 Å². The molecule has 0 spiro atoms. The van der Waals surface area contributed by atoms with Gasteiger partial charge in [-0.15, -0.1) is 11.3 Å². The summed E-state index contributed by atoms with van der Waals surface area (Å²) in [6, 6.07) is 16.4. The SMILES string of the molecule is COc1cc(/C=N\NC(=O)Cc2cccs2)ccc1OCCOc1ccc(Cl)cc1. The minimum Gasteiger partial charge on any atom is -0.493 e. The molecule has 3 aromatic rings. The topological polar surface area (TPSA) is 69.2 Å². The van der Waals surface area contributed by atoms with E-state index in [-0.39, 0.29) is 5.91 Å². The number of hydrazone groups is 1. The monoisotopic (exact) mass is 444 g/mol. The zero-order valence-electron chi connectivity index (χ0n) is 16.3. The van der Waals surface area contributed by atoms with Crippen molar-refractivity contribution in [2.24, 2.45) is 5.10 Å². The lowest BCUT2D eigenvalue weighted by Gasteiger charge is -2.12. The number of hydrogen-bond acceptors (Lipinski definition) is 6. The Bertz CT molecular complexity index is 975. The van der Waals surface area contributed by atoms with Crippen molar-refractivity contribution in [1.82, 2.24) is 5.43 Å². The molecule has 0 aliphatic rings. The van der Waals surface area contributed by atoms with Crippen molar-refractivity contribution >= 4 is 35.1 Å². The fraction of sp³-hybridized carbons (Fsp3) is 0.182. The van der Waals surface area contributed by atoms with Gasteiger partial charge in [-0.05, 0) is 59.5 Å². The highest BCUT2D eigenvalue weighted by molar-refractivity contribution is 7.10. The van der Waals surface area contributed by atoms with Crippen LogP contribution in [0.2, 0.25) is 5.02 Å². The normalized spacial score (nSPS) is 10.7. The van der Waals surface area contributed by atoms with Crippen LogP contribution in [-0.4, -0.2) is 32.4 Å². The molecule has 8 heteroatoms. The van der Waals surface area contributed by atoms with Gasteiger partial charge in [0, 0.05) is 9.90 Å². The van der Waals surface area contributed by atoms with Gasteiger partial charge in [0.1, 0.15) is 19.0 Å². The molecular weight excluding hydrogens is 424 g/mol. The molecule has 0 atom stereocenters. The molecule has 0 aliphatic heterocycles. The Balaban J connectivity index is 1.47. The van der Waals surface area contributed by atoms with Crippen LogP contribution in [0, 0.1) is 0 Å². The van der Waals surface area contributed by atoms with Crippen LogP contribution in [0.25, 0.3) is 0 Å². The molecule has 1 amide bonds. The highest BCUT2D eigenvalue weighted by atomic mass is 35.5. The van der Waals surface area contributed by atoms with Crippen LogP contribution in [0.3, 0.4) is 0 Å². The van der Waals surface area contributed by atoms with E-state index >= 15 is 0 Å². The van der Waals surface area contributed by atoms with E-state index in [9.17, 15) is 4.79 Å². The highest BCUT2D eigenvalue weighted by Gasteiger charge is 2.06. The molecule has 2 aromatic carbocycles. The third-order valence-corrected chi connectivity index (χ3v) is 5.06. The number of ether oxygens (including phenoxy) is 3. The molecular formula is C22H21ClN2O4S. The summed E-state index contributed by atoms with van der Waals surface area (Å²) in [4.78, 5) is 12.9. The molecule has 0 saturated carbocycles. The maximum absolute atomic E-state index is 11.9. The summed E-state index contributed by atoms with van der Waals surface area (Å²) in [6.45, 7) is 0.732. The molecule has 1 N–H and O–H groups in total. The second-order valence-corrected chi connectivity index (χ2v) is 7.58. The van der Waals surface area contributed by atoms with Crippen LogP contribution in [0.15, 0.2) is 65.1 Å². The number of rotatable bonds is 10. The van der Waals surface area contributed by atoms with Gasteiger partial charge in [0.2, 0.25) is 5.91 Å². The molecule has 0 unspecified atom stereocenters. The molecule has 6 nitrogen and oxygen atoms in total. The van der Waals surface area contributed by atoms with E-state index in [0.717, 1.165) is 16.2 Å². The molecule has 0 fully saturated rings. The first kappa shape index (κ1) is 21.7. The average Bonchev–Trinajstić information content (AvgIpc) is 3.26. The van der Waals surface area contributed by atoms with Crippen LogP contribution in [0.5, 0.6) is 17.2 Å². The number of carbonyl (C=O) groups excluding carboxylic acids is 1. The molecule has 0 bridgehead atoms. The van der Waals surface area contributed by atoms with Crippen LogP contribution < -0.4 is 19.6 Å². The van der Waals surface area contributed by atoms with E-state index in [1.54, 1.807) is 49.7 Å². The van der Waals surface area contributed by atoms with Crippen molar-refractivity contribution in [1.29, 1.82) is 0 Å². The summed E-state index contributed by atoms with van der Waals surface area (Å²) < 4.78 is 16.7. The third-order valence-electron chi connectivity index (χ3n) is 3.93. The van der Waals surface area contributed by atoms with E-state index in [2.05, 4.69) is 10.5 Å². The summed E-state index contributed by atoms with van der Waals surface area (Å²) in [5.41, 5.74) is 3.29. The van der Waals surface area contributed by atoms with Gasteiger partial charge >= 0.3 is 0 Å². The minimum atomic E-state index is -0.165. The van der Waals surface area contributed by atoms with E-state index < -0.39 is 0 Å². The highest BCUT2D eigenvalue weighted by Crippen LogP contribution is 2.27. The molecule has 0 saturated heterocycles. The second-order valence-electron chi connectivity index (χ2n) is 6.11. The predicted octanol–water partition coefficient (Wildman–Crippen LogP) is 4.56. The van der Waals surface area contributed by atoms with Crippen molar-refractivity contribution in [3.05, 3.63) is 75.4 Å². The number of nitrogens with one attached hydrogen (secondary N) is 1. The van der Waals surface area contributed by atoms with Crippen LogP contribution in [0.4, 0.5) is 0 Å². The summed E-state index contributed by atoms with van der Waals surface area (Å²) in [7, 11) is 1.57. The van der Waals surface area contributed by atoms with Crippen molar-refractivity contribution in [3.63, 3.8) is 0 Å². The second kappa shape index (κ2) is 11.2. The van der Waals surface area contributed by atoms with E-state index in [4.69, 9.17) is 25.8 Å². The van der Waals surface area contributed by atoms with Crippen LogP contribution in [0.1, 0.15) is 10.4 Å². The Morgan fingerprint density at radius 1 is 1.10 bits per heavy atom. The number of benzene rings is 2. The summed E-state index contributed by atoms with van der Waals surface area (Å²) in [6.07, 6.45) is 1.87. The van der Waals surface area contributed by atoms with Gasteiger partial charge in [0.15, 0.2) is 11.5 Å². The van der Waals surface area contributed by atoms with Crippen LogP contribution >= 0.6 is 22.9 Å². The molecule has 0 radical (unpaired) electrons. The van der Waals surface area contributed by atoms with Gasteiger partial charge in [0.05, 0.1) is 19.7 Å². The maximum atomic E-state index is 11.9. The number of methoxy groups -OCH3 is 1. The molecule has 1 aromatic heterocycles. The standard InChI is InChI=1S/C22H21ClN2O4S/c1-27-21-13-16(15-24-25-22(26)14-19-3-2-12-30-19)4-9-20(21)29-11-10-28-18-7-5-17(23)6-8-18/h2-9,12-13,15H,10-11,14H2,1H3,(H,25,26)/b24-15-. The van der Waals surface area contributed by atoms with E-state index in [1.807, 2.05) is 23.6 Å². The summed E-state index contributed by atoms with van der Waals surface area (Å²) >= 11 is 7.39. The largest absolute Gasteiger partial charge is 0.493 e. The fourth-order valence-corrected chi connectivity index (χ4v) is 3.34. The first-order valence-corrected chi connectivity index (χ1v) is 10.4. The Morgan fingerprint density at radius 3 is 2.63 bits per heavy atom. The molecule has 30 heavy (non-hydrogen) atoms. The van der Waals surface area contributed by atoms with Crippen molar-refractivity contribution in [2.75, 3.05) is 20.3 Å². The van der Waals surface area contributed by atoms with Crippen molar-refractivity contribution < 1.29 is 19.0 Å². The van der Waals surface area contributed by atoms with Gasteiger partial charge in [-0.1, -0.05) is 17.7 Å². The molecule has 3 rings (SSSR count). The first-order valence-electron chi connectivity index (χ1n) is 9.17. The zero-order valence-corrected chi connectivity index (χ0v) is 17.9. The van der Waals surface area contributed by atoms with Gasteiger partial charge in [-0.3, -0.25) is 4.79 Å². The zero-order chi connectivity index (χ0) is 21.2. The lowest BCUT2D eigenvalue weighted by Crippen LogP contribution is -2.19. The number of halogens is 1. The number of amides is 1. The predicted molar refractivity (Wildman–Crippen MR) is 119 cm³/mol. The minimum absolute atomic E-state index is 0.165. The maximum Gasteiger partial charge on any atom is 0.245 e. The summed E-state index contributed by atoms with van der Waals surface area (Å²) in [5.74, 6) is 1.72. The quantitative estimate of drug-likeness (QED) is 0.283. The number of nitrogens with zero attached hydrogens (tertiary/aromatic N) is 1.